The van der Waals surface area contributed by atoms with Gasteiger partial charge in [-0.15, -0.1) is 0 Å². The maximum Gasteiger partial charge on any atom is 0.217 e. The highest BCUT2D eigenvalue weighted by Gasteiger charge is 2.08. The van der Waals surface area contributed by atoms with E-state index in [0.717, 1.165) is 17.7 Å². The summed E-state index contributed by atoms with van der Waals surface area (Å²) in [6.07, 6.45) is 2.22. The second-order valence-electron chi connectivity index (χ2n) is 3.36. The molecule has 0 saturated heterocycles. The quantitative estimate of drug-likeness (QED) is 0.727. The summed E-state index contributed by atoms with van der Waals surface area (Å²) in [5.41, 5.74) is 1.74. The van der Waals surface area contributed by atoms with E-state index in [1.165, 1.54) is 6.33 Å². The van der Waals surface area contributed by atoms with E-state index >= 15 is 0 Å². The Morgan fingerprint density at radius 2 is 2.08 bits per heavy atom. The molecular weight excluding hydrogens is 152 g/mol. The maximum atomic E-state index is 9.39. The zero-order valence-electron chi connectivity index (χ0n) is 7.70. The van der Waals surface area contributed by atoms with Crippen LogP contribution in [-0.2, 0) is 6.42 Å². The maximum absolute atomic E-state index is 9.39. The minimum absolute atomic E-state index is 0.121. The standard InChI is InChI=1S/C9H14N2O/c1-6(2)4-8-7(3)10-5-11-9(8)12/h5-6H,4H2,1-3H3,(H,10,11,12). The van der Waals surface area contributed by atoms with Crippen molar-refractivity contribution in [1.29, 1.82) is 0 Å². The van der Waals surface area contributed by atoms with Gasteiger partial charge >= 0.3 is 0 Å². The van der Waals surface area contributed by atoms with Crippen molar-refractivity contribution in [2.24, 2.45) is 5.92 Å². The van der Waals surface area contributed by atoms with Gasteiger partial charge in [-0.05, 0) is 19.3 Å². The van der Waals surface area contributed by atoms with Crippen molar-refractivity contribution < 1.29 is 5.11 Å². The van der Waals surface area contributed by atoms with Gasteiger partial charge in [-0.1, -0.05) is 13.8 Å². The van der Waals surface area contributed by atoms with Gasteiger partial charge in [0.15, 0.2) is 0 Å². The fraction of sp³-hybridized carbons (Fsp3) is 0.556. The smallest absolute Gasteiger partial charge is 0.217 e. The summed E-state index contributed by atoms with van der Waals surface area (Å²) in [5, 5.41) is 9.39. The van der Waals surface area contributed by atoms with Crippen LogP contribution in [0.2, 0.25) is 0 Å². The molecule has 1 rings (SSSR count). The molecule has 0 aromatic carbocycles. The summed E-state index contributed by atoms with van der Waals surface area (Å²) in [5.74, 6) is 0.636. The fourth-order valence-electron chi connectivity index (χ4n) is 1.14. The monoisotopic (exact) mass is 166 g/mol. The lowest BCUT2D eigenvalue weighted by Gasteiger charge is -2.07. The highest BCUT2D eigenvalue weighted by molar-refractivity contribution is 5.27. The number of hydrogen-bond donors (Lipinski definition) is 1. The highest BCUT2D eigenvalue weighted by Crippen LogP contribution is 2.18. The Bertz CT molecular complexity index is 251. The summed E-state index contributed by atoms with van der Waals surface area (Å²) in [6.45, 7) is 6.09. The summed E-state index contributed by atoms with van der Waals surface area (Å²) >= 11 is 0. The Morgan fingerprint density at radius 3 is 2.58 bits per heavy atom. The molecule has 1 N–H and O–H groups in total. The largest absolute Gasteiger partial charge is 0.493 e. The SMILES string of the molecule is Cc1ncnc(O)c1CC(C)C. The van der Waals surface area contributed by atoms with E-state index in [1.807, 2.05) is 6.92 Å². The van der Waals surface area contributed by atoms with Crippen LogP contribution in [0.1, 0.15) is 25.1 Å². The molecule has 0 atom stereocenters. The van der Waals surface area contributed by atoms with Crippen LogP contribution in [0.4, 0.5) is 0 Å². The van der Waals surface area contributed by atoms with E-state index in [9.17, 15) is 5.11 Å². The molecule has 0 aliphatic heterocycles. The van der Waals surface area contributed by atoms with Gasteiger partial charge in [0.25, 0.3) is 0 Å². The molecule has 12 heavy (non-hydrogen) atoms. The van der Waals surface area contributed by atoms with Gasteiger partial charge in [-0.25, -0.2) is 9.97 Å². The molecule has 0 fully saturated rings. The lowest BCUT2D eigenvalue weighted by molar-refractivity contribution is 0.437. The number of nitrogens with zero attached hydrogens (tertiary/aromatic N) is 2. The second-order valence-corrected chi connectivity index (χ2v) is 3.36. The highest BCUT2D eigenvalue weighted by atomic mass is 16.3. The molecule has 1 aromatic rings. The molecule has 0 bridgehead atoms. The first-order valence-electron chi connectivity index (χ1n) is 4.10. The van der Waals surface area contributed by atoms with Gasteiger partial charge in [0, 0.05) is 11.3 Å². The fourth-order valence-corrected chi connectivity index (χ4v) is 1.14. The van der Waals surface area contributed by atoms with Crippen LogP contribution in [0, 0.1) is 12.8 Å². The van der Waals surface area contributed by atoms with E-state index in [1.54, 1.807) is 0 Å². The average Bonchev–Trinajstić information content (AvgIpc) is 1.97. The summed E-state index contributed by atoms with van der Waals surface area (Å²) in [7, 11) is 0. The van der Waals surface area contributed by atoms with E-state index in [-0.39, 0.29) is 5.88 Å². The van der Waals surface area contributed by atoms with Crippen LogP contribution in [0.15, 0.2) is 6.33 Å². The number of rotatable bonds is 2. The Labute approximate surface area is 72.5 Å². The van der Waals surface area contributed by atoms with Crippen molar-refractivity contribution >= 4 is 0 Å². The van der Waals surface area contributed by atoms with Crippen LogP contribution in [0.3, 0.4) is 0 Å². The van der Waals surface area contributed by atoms with E-state index in [2.05, 4.69) is 23.8 Å². The Hall–Kier alpha value is -1.12. The van der Waals surface area contributed by atoms with Gasteiger partial charge in [0.05, 0.1) is 0 Å². The van der Waals surface area contributed by atoms with Gasteiger partial charge in [-0.2, -0.15) is 0 Å². The third kappa shape index (κ3) is 1.94. The van der Waals surface area contributed by atoms with Crippen molar-refractivity contribution in [1.82, 2.24) is 9.97 Å². The van der Waals surface area contributed by atoms with Crippen LogP contribution < -0.4 is 0 Å². The predicted molar refractivity (Wildman–Crippen MR) is 47.0 cm³/mol. The summed E-state index contributed by atoms with van der Waals surface area (Å²) in [4.78, 5) is 7.76. The topological polar surface area (TPSA) is 46.0 Å². The van der Waals surface area contributed by atoms with Gasteiger partial charge in [-0.3, -0.25) is 0 Å². The second kappa shape index (κ2) is 3.52. The molecule has 0 spiro atoms. The first-order chi connectivity index (χ1) is 5.61. The third-order valence-electron chi connectivity index (χ3n) is 1.75. The van der Waals surface area contributed by atoms with Crippen molar-refractivity contribution in [3.63, 3.8) is 0 Å². The Kier molecular flexibility index (Phi) is 2.63. The van der Waals surface area contributed by atoms with E-state index in [0.29, 0.717) is 5.92 Å². The molecule has 3 nitrogen and oxygen atoms in total. The van der Waals surface area contributed by atoms with Gasteiger partial charge < -0.3 is 5.11 Å². The molecule has 0 aliphatic carbocycles. The lowest BCUT2D eigenvalue weighted by Crippen LogP contribution is -2.00. The van der Waals surface area contributed by atoms with Crippen molar-refractivity contribution in [2.75, 3.05) is 0 Å². The third-order valence-corrected chi connectivity index (χ3v) is 1.75. The van der Waals surface area contributed by atoms with Crippen LogP contribution in [-0.4, -0.2) is 15.1 Å². The molecule has 0 aliphatic rings. The minimum atomic E-state index is 0.121. The number of hydrogen-bond acceptors (Lipinski definition) is 3. The summed E-state index contributed by atoms with van der Waals surface area (Å²) in [6, 6.07) is 0. The average molecular weight is 166 g/mol. The molecule has 0 saturated carbocycles. The van der Waals surface area contributed by atoms with Crippen molar-refractivity contribution in [3.05, 3.63) is 17.6 Å². The van der Waals surface area contributed by atoms with E-state index < -0.39 is 0 Å². The van der Waals surface area contributed by atoms with Crippen LogP contribution in [0.25, 0.3) is 0 Å². The normalized spacial score (nSPS) is 10.7. The molecule has 1 aromatic heterocycles. The first-order valence-corrected chi connectivity index (χ1v) is 4.10. The number of aromatic nitrogens is 2. The number of aromatic hydroxyl groups is 1. The first kappa shape index (κ1) is 8.97. The van der Waals surface area contributed by atoms with Gasteiger partial charge in [0.1, 0.15) is 6.33 Å². The molecule has 0 amide bonds. The minimum Gasteiger partial charge on any atom is -0.493 e. The molecular formula is C9H14N2O. The van der Waals surface area contributed by atoms with Crippen molar-refractivity contribution in [3.8, 4) is 5.88 Å². The summed E-state index contributed by atoms with van der Waals surface area (Å²) < 4.78 is 0. The molecule has 66 valence electrons. The van der Waals surface area contributed by atoms with E-state index in [4.69, 9.17) is 0 Å². The van der Waals surface area contributed by atoms with Crippen LogP contribution >= 0.6 is 0 Å². The van der Waals surface area contributed by atoms with Crippen LogP contribution in [0.5, 0.6) is 5.88 Å². The Morgan fingerprint density at radius 1 is 1.42 bits per heavy atom. The molecule has 1 heterocycles. The lowest BCUT2D eigenvalue weighted by atomic mass is 10.0. The zero-order valence-corrected chi connectivity index (χ0v) is 7.70. The predicted octanol–water partition coefficient (Wildman–Crippen LogP) is 1.69. The molecule has 0 radical (unpaired) electrons. The molecule has 3 heteroatoms. The number of aryl methyl sites for hydroxylation is 1. The zero-order chi connectivity index (χ0) is 9.14. The molecule has 0 unspecified atom stereocenters. The van der Waals surface area contributed by atoms with Gasteiger partial charge in [0.2, 0.25) is 5.88 Å². The Balaban J connectivity index is 2.96. The van der Waals surface area contributed by atoms with Crippen molar-refractivity contribution in [2.45, 2.75) is 27.2 Å².